The normalized spacial score (nSPS) is 19.0. The first-order valence-electron chi connectivity index (χ1n) is 10.7. The summed E-state index contributed by atoms with van der Waals surface area (Å²) in [6.07, 6.45) is 2.10. The van der Waals surface area contributed by atoms with E-state index in [4.69, 9.17) is 0 Å². The fourth-order valence-corrected chi connectivity index (χ4v) is 5.25. The van der Waals surface area contributed by atoms with Crippen LogP contribution in [0, 0.1) is 5.92 Å². The Kier molecular flexibility index (Phi) is 6.95. The van der Waals surface area contributed by atoms with Gasteiger partial charge in [-0.3, -0.25) is 9.79 Å². The molecule has 2 aromatic rings. The highest BCUT2D eigenvalue weighted by atomic mass is 32.2. The molecular formula is C24H30N4OS. The van der Waals surface area contributed by atoms with Crippen molar-refractivity contribution in [1.82, 2.24) is 15.1 Å². The van der Waals surface area contributed by atoms with E-state index in [9.17, 15) is 4.79 Å². The first-order chi connectivity index (χ1) is 14.7. The van der Waals surface area contributed by atoms with E-state index in [0.717, 1.165) is 44.2 Å². The molecule has 1 fully saturated rings. The quantitative estimate of drug-likeness (QED) is 0.456. The van der Waals surface area contributed by atoms with Crippen molar-refractivity contribution in [3.8, 4) is 0 Å². The lowest BCUT2D eigenvalue weighted by atomic mass is 10.00. The van der Waals surface area contributed by atoms with Crippen LogP contribution in [0.1, 0.15) is 17.5 Å². The van der Waals surface area contributed by atoms with Crippen LogP contribution >= 0.6 is 11.8 Å². The Labute approximate surface area is 183 Å². The number of fused-ring (bicyclic) bond motifs is 1. The molecule has 6 heteroatoms. The van der Waals surface area contributed by atoms with Crippen molar-refractivity contribution in [1.29, 1.82) is 0 Å². The van der Waals surface area contributed by atoms with Crippen molar-refractivity contribution < 1.29 is 4.79 Å². The van der Waals surface area contributed by atoms with Crippen LogP contribution in [0.5, 0.6) is 0 Å². The number of rotatable bonds is 5. The number of likely N-dealkylation sites (tertiary alicyclic amines) is 1. The Morgan fingerprint density at radius 1 is 1.07 bits per heavy atom. The van der Waals surface area contributed by atoms with Crippen molar-refractivity contribution >= 4 is 23.6 Å². The largest absolute Gasteiger partial charge is 0.347 e. The Bertz CT molecular complexity index is 886. The van der Waals surface area contributed by atoms with Crippen molar-refractivity contribution in [2.24, 2.45) is 10.9 Å². The fraction of sp³-hybridized carbons (Fsp3) is 0.417. The number of hydrogen-bond donors (Lipinski definition) is 1. The molecule has 1 unspecified atom stereocenters. The predicted molar refractivity (Wildman–Crippen MR) is 124 cm³/mol. The summed E-state index contributed by atoms with van der Waals surface area (Å²) in [5.74, 6) is 2.74. The number of aliphatic imine (C=N–C) groups is 1. The second-order valence-electron chi connectivity index (χ2n) is 7.96. The van der Waals surface area contributed by atoms with E-state index in [1.807, 2.05) is 22.7 Å². The van der Waals surface area contributed by atoms with E-state index < -0.39 is 0 Å². The number of carbonyl (C=O) groups excluding carboxylic acids is 1. The first-order valence-corrected chi connectivity index (χ1v) is 11.7. The lowest BCUT2D eigenvalue weighted by Crippen LogP contribution is -2.46. The van der Waals surface area contributed by atoms with Crippen LogP contribution in [-0.2, 0) is 17.8 Å². The van der Waals surface area contributed by atoms with Gasteiger partial charge >= 0.3 is 0 Å². The Balaban J connectivity index is 1.24. The molecule has 0 radical (unpaired) electrons. The van der Waals surface area contributed by atoms with Gasteiger partial charge in [0.2, 0.25) is 5.91 Å². The molecular weight excluding hydrogens is 392 g/mol. The standard InChI is InChI=1S/C24H30N4OS/c1-25-24(28-13-11-19(16-28)18-30-22-9-3-2-4-10-22)26-15-23(29)27-14-12-20-7-5-6-8-21(20)17-27/h2-10,19H,11-18H2,1H3,(H,25,26). The molecule has 1 amide bonds. The molecule has 1 saturated heterocycles. The van der Waals surface area contributed by atoms with Gasteiger partial charge in [-0.15, -0.1) is 11.8 Å². The summed E-state index contributed by atoms with van der Waals surface area (Å²) >= 11 is 1.92. The van der Waals surface area contributed by atoms with E-state index in [1.165, 1.54) is 16.0 Å². The van der Waals surface area contributed by atoms with Gasteiger partial charge in [0.05, 0.1) is 6.54 Å². The molecule has 0 spiro atoms. The van der Waals surface area contributed by atoms with Crippen molar-refractivity contribution in [3.05, 3.63) is 65.7 Å². The molecule has 30 heavy (non-hydrogen) atoms. The Morgan fingerprint density at radius 3 is 2.63 bits per heavy atom. The van der Waals surface area contributed by atoms with E-state index in [0.29, 0.717) is 19.0 Å². The van der Waals surface area contributed by atoms with Crippen LogP contribution in [0.15, 0.2) is 64.5 Å². The molecule has 2 heterocycles. The molecule has 0 aromatic heterocycles. The van der Waals surface area contributed by atoms with Gasteiger partial charge in [-0.25, -0.2) is 0 Å². The van der Waals surface area contributed by atoms with Crippen LogP contribution in [0.2, 0.25) is 0 Å². The van der Waals surface area contributed by atoms with Gasteiger partial charge in [-0.2, -0.15) is 0 Å². The maximum absolute atomic E-state index is 12.8. The Hall–Kier alpha value is -2.47. The molecule has 2 aromatic carbocycles. The highest BCUT2D eigenvalue weighted by molar-refractivity contribution is 7.99. The Morgan fingerprint density at radius 2 is 1.83 bits per heavy atom. The van der Waals surface area contributed by atoms with E-state index in [2.05, 4.69) is 63.7 Å². The summed E-state index contributed by atoms with van der Waals surface area (Å²) in [5, 5.41) is 3.30. The maximum atomic E-state index is 12.8. The van der Waals surface area contributed by atoms with E-state index in [-0.39, 0.29) is 5.91 Å². The molecule has 0 saturated carbocycles. The zero-order chi connectivity index (χ0) is 20.8. The van der Waals surface area contributed by atoms with Gasteiger partial charge in [0, 0.05) is 43.9 Å². The highest BCUT2D eigenvalue weighted by Gasteiger charge is 2.26. The molecule has 2 aliphatic heterocycles. The van der Waals surface area contributed by atoms with Crippen LogP contribution in [-0.4, -0.2) is 60.6 Å². The average Bonchev–Trinajstić information content (AvgIpc) is 3.27. The van der Waals surface area contributed by atoms with Crippen LogP contribution < -0.4 is 5.32 Å². The average molecular weight is 423 g/mol. The summed E-state index contributed by atoms with van der Waals surface area (Å²) in [4.78, 5) is 22.7. The minimum atomic E-state index is 0.140. The maximum Gasteiger partial charge on any atom is 0.242 e. The second-order valence-corrected chi connectivity index (χ2v) is 9.05. The van der Waals surface area contributed by atoms with E-state index >= 15 is 0 Å². The third-order valence-corrected chi connectivity index (χ3v) is 7.15. The van der Waals surface area contributed by atoms with Crippen molar-refractivity contribution in [2.45, 2.75) is 24.3 Å². The molecule has 0 aliphatic carbocycles. The minimum Gasteiger partial charge on any atom is -0.347 e. The third-order valence-electron chi connectivity index (χ3n) is 5.91. The summed E-state index contributed by atoms with van der Waals surface area (Å²) in [7, 11) is 1.80. The van der Waals surface area contributed by atoms with Gasteiger partial charge in [-0.05, 0) is 42.0 Å². The number of guanidine groups is 1. The molecule has 1 atom stereocenters. The minimum absolute atomic E-state index is 0.140. The number of benzene rings is 2. The number of carbonyl (C=O) groups is 1. The molecule has 0 bridgehead atoms. The summed E-state index contributed by atoms with van der Waals surface area (Å²) in [6.45, 7) is 3.78. The second kappa shape index (κ2) is 10.0. The molecule has 5 nitrogen and oxygen atoms in total. The first kappa shape index (κ1) is 20.8. The van der Waals surface area contributed by atoms with Crippen molar-refractivity contribution in [3.63, 3.8) is 0 Å². The van der Waals surface area contributed by atoms with Crippen LogP contribution in [0.25, 0.3) is 0 Å². The van der Waals surface area contributed by atoms with Crippen LogP contribution in [0.3, 0.4) is 0 Å². The van der Waals surface area contributed by atoms with Crippen LogP contribution in [0.4, 0.5) is 0 Å². The zero-order valence-corrected chi connectivity index (χ0v) is 18.4. The van der Waals surface area contributed by atoms with E-state index in [1.54, 1.807) is 7.05 Å². The monoisotopic (exact) mass is 422 g/mol. The summed E-state index contributed by atoms with van der Waals surface area (Å²) < 4.78 is 0. The fourth-order valence-electron chi connectivity index (χ4n) is 4.20. The van der Waals surface area contributed by atoms with Gasteiger partial charge in [0.25, 0.3) is 0 Å². The number of hydrogen-bond acceptors (Lipinski definition) is 3. The third kappa shape index (κ3) is 5.17. The van der Waals surface area contributed by atoms with Crippen molar-refractivity contribution in [2.75, 3.05) is 39.0 Å². The number of amides is 1. The van der Waals surface area contributed by atoms with Gasteiger partial charge < -0.3 is 15.1 Å². The van der Waals surface area contributed by atoms with Gasteiger partial charge in [0.1, 0.15) is 0 Å². The number of nitrogens with one attached hydrogen (secondary N) is 1. The topological polar surface area (TPSA) is 47.9 Å². The molecule has 1 N–H and O–H groups in total. The lowest BCUT2D eigenvalue weighted by Gasteiger charge is -2.29. The number of thioether (sulfide) groups is 1. The number of nitrogens with zero attached hydrogens (tertiary/aromatic N) is 3. The lowest BCUT2D eigenvalue weighted by molar-refractivity contribution is -0.130. The van der Waals surface area contributed by atoms with Gasteiger partial charge in [-0.1, -0.05) is 42.5 Å². The molecule has 2 aliphatic rings. The molecule has 158 valence electrons. The summed E-state index contributed by atoms with van der Waals surface area (Å²) in [5.41, 5.74) is 2.63. The van der Waals surface area contributed by atoms with Gasteiger partial charge in [0.15, 0.2) is 5.96 Å². The zero-order valence-electron chi connectivity index (χ0n) is 17.6. The predicted octanol–water partition coefficient (Wildman–Crippen LogP) is 3.26. The summed E-state index contributed by atoms with van der Waals surface area (Å²) in [6, 6.07) is 19.0. The molecule has 4 rings (SSSR count). The smallest absolute Gasteiger partial charge is 0.242 e. The highest BCUT2D eigenvalue weighted by Crippen LogP contribution is 2.26. The SMILES string of the molecule is CN=C(NCC(=O)N1CCc2ccccc2C1)N1CCC(CSc2ccccc2)C1.